The van der Waals surface area contributed by atoms with Gasteiger partial charge in [-0.25, -0.2) is 4.79 Å². The summed E-state index contributed by atoms with van der Waals surface area (Å²) in [7, 11) is 0. The summed E-state index contributed by atoms with van der Waals surface area (Å²) in [5, 5.41) is 39.8. The first kappa shape index (κ1) is 54.7. The van der Waals surface area contributed by atoms with E-state index in [2.05, 4.69) is 38.2 Å². The lowest BCUT2D eigenvalue weighted by atomic mass is 9.99. The number of esters is 2. The summed E-state index contributed by atoms with van der Waals surface area (Å²) in [6, 6.07) is 0. The summed E-state index contributed by atoms with van der Waals surface area (Å²) in [6.45, 7) is 3.79. The van der Waals surface area contributed by atoms with Crippen LogP contribution in [-0.2, 0) is 33.3 Å². The molecule has 1 fully saturated rings. The summed E-state index contributed by atoms with van der Waals surface area (Å²) in [5.74, 6) is -2.45. The third-order valence-electron chi connectivity index (χ3n) is 11.0. The zero-order valence-corrected chi connectivity index (χ0v) is 37.3. The molecule has 1 heterocycles. The normalized spacial score (nSPS) is 20.1. The second-order valence-electron chi connectivity index (χ2n) is 16.6. The summed E-state index contributed by atoms with van der Waals surface area (Å²) in [5.41, 5.74) is 0. The van der Waals surface area contributed by atoms with Crippen molar-refractivity contribution >= 4 is 17.9 Å². The molecule has 1 saturated heterocycles. The second-order valence-corrected chi connectivity index (χ2v) is 16.6. The van der Waals surface area contributed by atoms with Gasteiger partial charge < -0.3 is 39.4 Å². The number of hydrogen-bond donors (Lipinski definition) is 4. The Labute approximate surface area is 358 Å². The van der Waals surface area contributed by atoms with Crippen LogP contribution in [0.4, 0.5) is 0 Å². The van der Waals surface area contributed by atoms with Crippen molar-refractivity contribution in [2.75, 3.05) is 13.2 Å². The van der Waals surface area contributed by atoms with Crippen molar-refractivity contribution in [2.45, 2.75) is 250 Å². The number of carbonyl (C=O) groups excluding carboxylic acids is 2. The van der Waals surface area contributed by atoms with E-state index in [1.165, 1.54) is 116 Å². The minimum Gasteiger partial charge on any atom is -0.479 e. The van der Waals surface area contributed by atoms with E-state index in [1.807, 2.05) is 0 Å². The first-order valence-electron chi connectivity index (χ1n) is 23.9. The minimum absolute atomic E-state index is 0.174. The second kappa shape index (κ2) is 38.6. The minimum atomic E-state index is -1.86. The van der Waals surface area contributed by atoms with Crippen LogP contribution in [0.2, 0.25) is 0 Å². The van der Waals surface area contributed by atoms with Gasteiger partial charge in [-0.3, -0.25) is 9.59 Å². The number of aliphatic hydroxyl groups excluding tert-OH is 3. The molecule has 0 amide bonds. The summed E-state index contributed by atoms with van der Waals surface area (Å²) in [4.78, 5) is 36.8. The van der Waals surface area contributed by atoms with Gasteiger partial charge in [-0.1, -0.05) is 160 Å². The molecule has 0 aromatic carbocycles. The molecule has 4 N–H and O–H groups in total. The van der Waals surface area contributed by atoms with Crippen LogP contribution in [0.15, 0.2) is 24.3 Å². The van der Waals surface area contributed by atoms with Crippen molar-refractivity contribution in [3.05, 3.63) is 24.3 Å². The smallest absolute Gasteiger partial charge is 0.335 e. The molecule has 1 rings (SSSR count). The molecule has 1 aliphatic rings. The summed E-state index contributed by atoms with van der Waals surface area (Å²) < 4.78 is 21.7. The molecule has 344 valence electrons. The van der Waals surface area contributed by atoms with Crippen molar-refractivity contribution < 1.29 is 53.8 Å². The Bertz CT molecular complexity index is 1080. The Morgan fingerprint density at radius 3 is 1.36 bits per heavy atom. The number of ether oxygens (including phenoxy) is 4. The lowest BCUT2D eigenvalue weighted by Gasteiger charge is -2.38. The standard InChI is InChI=1S/C48H86O11/c1-3-5-7-9-11-13-15-17-18-19-20-21-22-23-24-25-27-28-30-32-34-36-41(49)56-38-40(39-57-48-45(53)43(51)44(52)46(59-48)47(54)55)58-42(50)37-35-33-31-29-26-16-14-12-10-8-6-4-2/h12,14,19-20,40,43-46,48,51-53H,3-11,13,15-18,21-39H2,1-2H3,(H,54,55)/b14-12-,20-19-. The van der Waals surface area contributed by atoms with Crippen molar-refractivity contribution in [1.82, 2.24) is 0 Å². The molecule has 6 unspecified atom stereocenters. The molecular formula is C48H86O11. The van der Waals surface area contributed by atoms with Gasteiger partial charge in [-0.05, 0) is 64.2 Å². The highest BCUT2D eigenvalue weighted by Gasteiger charge is 2.47. The maximum atomic E-state index is 12.7. The molecule has 0 spiro atoms. The van der Waals surface area contributed by atoms with E-state index in [0.717, 1.165) is 57.8 Å². The van der Waals surface area contributed by atoms with E-state index in [-0.39, 0.29) is 19.4 Å². The quantitative estimate of drug-likeness (QED) is 0.0263. The first-order valence-corrected chi connectivity index (χ1v) is 23.9. The molecule has 0 aromatic heterocycles. The predicted molar refractivity (Wildman–Crippen MR) is 234 cm³/mol. The highest BCUT2D eigenvalue weighted by atomic mass is 16.7. The fourth-order valence-electron chi connectivity index (χ4n) is 7.22. The fraction of sp³-hybridized carbons (Fsp3) is 0.854. The zero-order chi connectivity index (χ0) is 43.2. The Kier molecular flexibility index (Phi) is 35.8. The number of aliphatic carboxylic acids is 1. The fourth-order valence-corrected chi connectivity index (χ4v) is 7.22. The van der Waals surface area contributed by atoms with Gasteiger partial charge in [0.15, 0.2) is 18.5 Å². The van der Waals surface area contributed by atoms with Gasteiger partial charge in [0.25, 0.3) is 0 Å². The van der Waals surface area contributed by atoms with Gasteiger partial charge in [-0.15, -0.1) is 0 Å². The molecule has 0 radical (unpaired) electrons. The number of hydrogen-bond acceptors (Lipinski definition) is 10. The SMILES string of the molecule is CCCCC/C=C\CCCCCCCC(=O)OC(COC(=O)CCCCCCCCCCC/C=C\CCCCCCCCCC)COC1OC(C(=O)O)C(O)C(O)C1O. The lowest BCUT2D eigenvalue weighted by Crippen LogP contribution is -2.60. The van der Waals surface area contributed by atoms with Crippen LogP contribution in [0, 0.1) is 0 Å². The molecule has 0 saturated carbocycles. The number of carbonyl (C=O) groups is 3. The van der Waals surface area contributed by atoms with Crippen LogP contribution in [0.25, 0.3) is 0 Å². The van der Waals surface area contributed by atoms with E-state index in [0.29, 0.717) is 12.8 Å². The van der Waals surface area contributed by atoms with E-state index in [9.17, 15) is 34.8 Å². The average molecular weight is 839 g/mol. The van der Waals surface area contributed by atoms with Crippen molar-refractivity contribution in [3.8, 4) is 0 Å². The number of unbranched alkanes of at least 4 members (excludes halogenated alkanes) is 25. The van der Waals surface area contributed by atoms with Gasteiger partial charge >= 0.3 is 17.9 Å². The molecule has 0 bridgehead atoms. The number of allylic oxidation sites excluding steroid dienone is 4. The van der Waals surface area contributed by atoms with E-state index in [1.54, 1.807) is 0 Å². The molecule has 11 heteroatoms. The number of carboxylic acid groups (broad SMARTS) is 1. The molecule has 0 aliphatic carbocycles. The molecule has 59 heavy (non-hydrogen) atoms. The van der Waals surface area contributed by atoms with E-state index in [4.69, 9.17) is 18.9 Å². The third kappa shape index (κ3) is 30.4. The van der Waals surface area contributed by atoms with Crippen LogP contribution in [-0.4, -0.2) is 88.4 Å². The van der Waals surface area contributed by atoms with Crippen LogP contribution in [0.3, 0.4) is 0 Å². The van der Waals surface area contributed by atoms with Crippen LogP contribution >= 0.6 is 0 Å². The van der Waals surface area contributed by atoms with Crippen LogP contribution in [0.5, 0.6) is 0 Å². The largest absolute Gasteiger partial charge is 0.479 e. The molecule has 0 aromatic rings. The van der Waals surface area contributed by atoms with Crippen molar-refractivity contribution in [2.24, 2.45) is 0 Å². The van der Waals surface area contributed by atoms with Crippen molar-refractivity contribution in [3.63, 3.8) is 0 Å². The van der Waals surface area contributed by atoms with Gasteiger partial charge in [0, 0.05) is 12.8 Å². The number of rotatable bonds is 40. The monoisotopic (exact) mass is 839 g/mol. The highest BCUT2D eigenvalue weighted by molar-refractivity contribution is 5.73. The molecule has 6 atom stereocenters. The highest BCUT2D eigenvalue weighted by Crippen LogP contribution is 2.23. The van der Waals surface area contributed by atoms with Gasteiger partial charge in [0.05, 0.1) is 6.61 Å². The molecular weight excluding hydrogens is 753 g/mol. The van der Waals surface area contributed by atoms with Gasteiger partial charge in [0.1, 0.15) is 24.9 Å². The van der Waals surface area contributed by atoms with Crippen LogP contribution < -0.4 is 0 Å². The first-order chi connectivity index (χ1) is 28.7. The Morgan fingerprint density at radius 2 is 0.898 bits per heavy atom. The Hall–Kier alpha value is -2.31. The predicted octanol–water partition coefficient (Wildman–Crippen LogP) is 10.6. The summed E-state index contributed by atoms with van der Waals surface area (Å²) >= 11 is 0. The van der Waals surface area contributed by atoms with Gasteiger partial charge in [0.2, 0.25) is 0 Å². The number of aliphatic hydroxyl groups is 3. The zero-order valence-electron chi connectivity index (χ0n) is 37.3. The maximum absolute atomic E-state index is 12.7. The average Bonchev–Trinajstić information content (AvgIpc) is 3.22. The Morgan fingerprint density at radius 1 is 0.508 bits per heavy atom. The topological polar surface area (TPSA) is 169 Å². The maximum Gasteiger partial charge on any atom is 0.335 e. The van der Waals surface area contributed by atoms with E-state index < -0.39 is 61.3 Å². The molecule has 1 aliphatic heterocycles. The van der Waals surface area contributed by atoms with Crippen LogP contribution in [0.1, 0.15) is 213 Å². The van der Waals surface area contributed by atoms with Gasteiger partial charge in [-0.2, -0.15) is 0 Å². The molecule has 11 nitrogen and oxygen atoms in total. The third-order valence-corrected chi connectivity index (χ3v) is 11.0. The Balaban J connectivity index is 2.30. The summed E-state index contributed by atoms with van der Waals surface area (Å²) in [6.07, 6.45) is 33.8. The van der Waals surface area contributed by atoms with Crippen molar-refractivity contribution in [1.29, 1.82) is 0 Å². The number of carboxylic acids is 1. The lowest BCUT2D eigenvalue weighted by molar-refractivity contribution is -0.298. The van der Waals surface area contributed by atoms with E-state index >= 15 is 0 Å².